The SMILES string of the molecule is C/C(Nc1cc(F)cc(F)c1)=C(\N)C=N. The molecule has 0 saturated carbocycles. The first-order valence-corrected chi connectivity index (χ1v) is 4.23. The second kappa shape index (κ2) is 4.54. The number of allylic oxidation sites excluding steroid dienone is 2. The number of nitrogens with one attached hydrogen (secondary N) is 2. The van der Waals surface area contributed by atoms with Gasteiger partial charge in [-0.05, 0) is 19.1 Å². The highest BCUT2D eigenvalue weighted by molar-refractivity contribution is 5.76. The van der Waals surface area contributed by atoms with Gasteiger partial charge in [0, 0.05) is 23.7 Å². The fourth-order valence-corrected chi connectivity index (χ4v) is 1.02. The van der Waals surface area contributed by atoms with Gasteiger partial charge in [-0.1, -0.05) is 0 Å². The van der Waals surface area contributed by atoms with Crippen LogP contribution in [0.2, 0.25) is 0 Å². The van der Waals surface area contributed by atoms with E-state index in [4.69, 9.17) is 11.1 Å². The van der Waals surface area contributed by atoms with Crippen molar-refractivity contribution in [2.75, 3.05) is 5.32 Å². The van der Waals surface area contributed by atoms with E-state index >= 15 is 0 Å². The fraction of sp³-hybridized carbons (Fsp3) is 0.100. The van der Waals surface area contributed by atoms with Crippen LogP contribution in [0, 0.1) is 17.0 Å². The molecular weight excluding hydrogens is 200 g/mol. The molecule has 80 valence electrons. The lowest BCUT2D eigenvalue weighted by molar-refractivity contribution is 0.584. The number of hydrogen-bond acceptors (Lipinski definition) is 3. The molecule has 0 aliphatic heterocycles. The summed E-state index contributed by atoms with van der Waals surface area (Å²) in [5.74, 6) is -1.34. The highest BCUT2D eigenvalue weighted by Crippen LogP contribution is 2.14. The lowest BCUT2D eigenvalue weighted by Crippen LogP contribution is -2.08. The Bertz CT molecular complexity index is 393. The maximum atomic E-state index is 12.8. The second-order valence-corrected chi connectivity index (χ2v) is 3.01. The average molecular weight is 211 g/mol. The van der Waals surface area contributed by atoms with Crippen molar-refractivity contribution in [2.45, 2.75) is 6.92 Å². The molecule has 0 saturated heterocycles. The predicted octanol–water partition coefficient (Wildman–Crippen LogP) is 2.22. The summed E-state index contributed by atoms with van der Waals surface area (Å²) in [6.07, 6.45) is 0.956. The normalized spacial score (nSPS) is 11.9. The van der Waals surface area contributed by atoms with Crippen LogP contribution in [-0.2, 0) is 0 Å². The number of anilines is 1. The highest BCUT2D eigenvalue weighted by atomic mass is 19.1. The molecule has 0 aliphatic rings. The summed E-state index contributed by atoms with van der Waals surface area (Å²) in [4.78, 5) is 0. The van der Waals surface area contributed by atoms with Crippen molar-refractivity contribution in [3.8, 4) is 0 Å². The summed E-state index contributed by atoms with van der Waals surface area (Å²) < 4.78 is 25.6. The Morgan fingerprint density at radius 3 is 2.33 bits per heavy atom. The van der Waals surface area contributed by atoms with Gasteiger partial charge in [-0.25, -0.2) is 8.78 Å². The Morgan fingerprint density at radius 1 is 1.33 bits per heavy atom. The molecule has 1 aromatic rings. The maximum absolute atomic E-state index is 12.8. The molecule has 15 heavy (non-hydrogen) atoms. The smallest absolute Gasteiger partial charge is 0.128 e. The maximum Gasteiger partial charge on any atom is 0.128 e. The van der Waals surface area contributed by atoms with Crippen molar-refractivity contribution in [1.82, 2.24) is 0 Å². The molecule has 0 unspecified atom stereocenters. The average Bonchev–Trinajstić information content (AvgIpc) is 2.14. The second-order valence-electron chi connectivity index (χ2n) is 3.01. The van der Waals surface area contributed by atoms with Crippen molar-refractivity contribution in [3.63, 3.8) is 0 Å². The van der Waals surface area contributed by atoms with Crippen LogP contribution in [0.5, 0.6) is 0 Å². The number of halogens is 2. The number of hydrogen-bond donors (Lipinski definition) is 3. The monoisotopic (exact) mass is 211 g/mol. The highest BCUT2D eigenvalue weighted by Gasteiger charge is 2.01. The number of rotatable bonds is 3. The molecular formula is C10H11F2N3. The molecule has 4 N–H and O–H groups in total. The zero-order valence-corrected chi connectivity index (χ0v) is 8.14. The van der Waals surface area contributed by atoms with E-state index in [1.807, 2.05) is 0 Å². The minimum absolute atomic E-state index is 0.208. The summed E-state index contributed by atoms with van der Waals surface area (Å²) in [5.41, 5.74) is 6.36. The third kappa shape index (κ3) is 3.05. The molecule has 0 spiro atoms. The zero-order chi connectivity index (χ0) is 11.4. The van der Waals surface area contributed by atoms with E-state index in [1.165, 1.54) is 0 Å². The summed E-state index contributed by atoms with van der Waals surface area (Å²) >= 11 is 0. The van der Waals surface area contributed by atoms with Gasteiger partial charge in [-0.3, -0.25) is 0 Å². The van der Waals surface area contributed by atoms with Gasteiger partial charge in [0.15, 0.2) is 0 Å². The Labute approximate surface area is 86.1 Å². The molecule has 1 aromatic carbocycles. The fourth-order valence-electron chi connectivity index (χ4n) is 1.02. The van der Waals surface area contributed by atoms with Gasteiger partial charge < -0.3 is 16.5 Å². The van der Waals surface area contributed by atoms with Crippen molar-refractivity contribution in [1.29, 1.82) is 5.41 Å². The van der Waals surface area contributed by atoms with Crippen LogP contribution in [0.15, 0.2) is 29.6 Å². The van der Waals surface area contributed by atoms with Crippen LogP contribution in [0.3, 0.4) is 0 Å². The van der Waals surface area contributed by atoms with Crippen LogP contribution >= 0.6 is 0 Å². The quantitative estimate of drug-likeness (QED) is 0.671. The van der Waals surface area contributed by atoms with E-state index in [0.29, 0.717) is 5.70 Å². The van der Waals surface area contributed by atoms with Gasteiger partial charge in [0.2, 0.25) is 0 Å². The Morgan fingerprint density at radius 2 is 1.87 bits per heavy atom. The van der Waals surface area contributed by atoms with Crippen LogP contribution in [-0.4, -0.2) is 6.21 Å². The molecule has 1 rings (SSSR count). The first-order valence-electron chi connectivity index (χ1n) is 4.23. The molecule has 0 atom stereocenters. The molecule has 0 amide bonds. The minimum atomic E-state index is -0.668. The molecule has 0 aliphatic carbocycles. The standard InChI is InChI=1S/C10H11F2N3/c1-6(10(14)5-13)15-9-3-7(11)2-8(12)4-9/h2-5,13,15H,14H2,1H3/b10-6+,13-5?. The molecule has 0 aromatic heterocycles. The largest absolute Gasteiger partial charge is 0.396 e. The molecule has 0 fully saturated rings. The van der Waals surface area contributed by atoms with Gasteiger partial charge >= 0.3 is 0 Å². The third-order valence-corrected chi connectivity index (χ3v) is 1.78. The first kappa shape index (κ1) is 11.2. The third-order valence-electron chi connectivity index (χ3n) is 1.78. The summed E-state index contributed by atoms with van der Waals surface area (Å²) in [5, 5.41) is 9.59. The van der Waals surface area contributed by atoms with Crippen molar-refractivity contribution >= 4 is 11.9 Å². The van der Waals surface area contributed by atoms with E-state index in [2.05, 4.69) is 5.32 Å². The van der Waals surface area contributed by atoms with E-state index in [1.54, 1.807) is 6.92 Å². The summed E-state index contributed by atoms with van der Waals surface area (Å²) in [6.45, 7) is 1.61. The number of benzene rings is 1. The topological polar surface area (TPSA) is 61.9 Å². The first-order chi connectivity index (χ1) is 7.02. The molecule has 5 heteroatoms. The van der Waals surface area contributed by atoms with Gasteiger partial charge in [-0.2, -0.15) is 0 Å². The lowest BCUT2D eigenvalue weighted by atomic mass is 10.2. The predicted molar refractivity (Wildman–Crippen MR) is 55.7 cm³/mol. The van der Waals surface area contributed by atoms with Gasteiger partial charge in [0.1, 0.15) is 11.6 Å². The summed E-state index contributed by atoms with van der Waals surface area (Å²) in [6, 6.07) is 3.07. The van der Waals surface area contributed by atoms with Crippen molar-refractivity contribution in [3.05, 3.63) is 41.2 Å². The Hall–Kier alpha value is -1.91. The minimum Gasteiger partial charge on any atom is -0.396 e. The molecule has 0 heterocycles. The van der Waals surface area contributed by atoms with Crippen LogP contribution < -0.4 is 11.1 Å². The zero-order valence-electron chi connectivity index (χ0n) is 8.14. The van der Waals surface area contributed by atoms with Crippen molar-refractivity contribution in [2.24, 2.45) is 5.73 Å². The molecule has 0 bridgehead atoms. The van der Waals surface area contributed by atoms with Gasteiger partial charge in [0.25, 0.3) is 0 Å². The lowest BCUT2D eigenvalue weighted by Gasteiger charge is -2.08. The van der Waals surface area contributed by atoms with Crippen LogP contribution in [0.1, 0.15) is 6.92 Å². The van der Waals surface area contributed by atoms with Gasteiger partial charge in [-0.15, -0.1) is 0 Å². The van der Waals surface area contributed by atoms with Crippen LogP contribution in [0.4, 0.5) is 14.5 Å². The number of nitrogens with two attached hydrogens (primary N) is 1. The Kier molecular flexibility index (Phi) is 3.38. The Balaban J connectivity index is 2.95. The summed E-state index contributed by atoms with van der Waals surface area (Å²) in [7, 11) is 0. The van der Waals surface area contributed by atoms with E-state index < -0.39 is 11.6 Å². The van der Waals surface area contributed by atoms with E-state index in [-0.39, 0.29) is 11.4 Å². The van der Waals surface area contributed by atoms with Gasteiger partial charge in [0.05, 0.1) is 5.70 Å². The van der Waals surface area contributed by atoms with E-state index in [9.17, 15) is 8.78 Å². The van der Waals surface area contributed by atoms with Crippen molar-refractivity contribution < 1.29 is 8.78 Å². The molecule has 0 radical (unpaired) electrons. The van der Waals surface area contributed by atoms with Crippen LogP contribution in [0.25, 0.3) is 0 Å². The molecule has 3 nitrogen and oxygen atoms in total. The van der Waals surface area contributed by atoms with E-state index in [0.717, 1.165) is 24.4 Å².